The van der Waals surface area contributed by atoms with E-state index in [1.54, 1.807) is 11.3 Å². The van der Waals surface area contributed by atoms with Crippen LogP contribution in [0, 0.1) is 0 Å². The lowest BCUT2D eigenvalue weighted by molar-refractivity contribution is 0.160. The molecule has 2 unspecified atom stereocenters. The molecule has 3 nitrogen and oxygen atoms in total. The molecule has 0 radical (unpaired) electrons. The second kappa shape index (κ2) is 3.96. The largest absolute Gasteiger partial charge is 0.391 e. The van der Waals surface area contributed by atoms with E-state index in [0.29, 0.717) is 5.92 Å². The second-order valence-electron chi connectivity index (χ2n) is 4.05. The summed E-state index contributed by atoms with van der Waals surface area (Å²) in [6.45, 7) is 5.16. The van der Waals surface area contributed by atoms with E-state index in [9.17, 15) is 5.11 Å². The topological polar surface area (TPSA) is 45.1 Å². The van der Waals surface area contributed by atoms with Crippen molar-refractivity contribution >= 4 is 11.3 Å². The molecule has 4 heteroatoms. The molecular weight excluding hydrogens is 196 g/mol. The zero-order valence-electron chi connectivity index (χ0n) is 8.53. The molecule has 0 spiro atoms. The third-order valence-corrected chi connectivity index (χ3v) is 3.53. The van der Waals surface area contributed by atoms with Crippen LogP contribution in [0.4, 0.5) is 0 Å². The van der Waals surface area contributed by atoms with Gasteiger partial charge in [-0.1, -0.05) is 13.8 Å². The van der Waals surface area contributed by atoms with Crippen LogP contribution in [-0.2, 0) is 0 Å². The summed E-state index contributed by atoms with van der Waals surface area (Å²) >= 11 is 1.65. The molecule has 2 heterocycles. The summed E-state index contributed by atoms with van der Waals surface area (Å²) in [5, 5.41) is 16.1. The minimum absolute atomic E-state index is 0.0625. The van der Waals surface area contributed by atoms with Crippen molar-refractivity contribution in [3.8, 4) is 0 Å². The van der Waals surface area contributed by atoms with Gasteiger partial charge in [-0.05, 0) is 18.9 Å². The highest BCUT2D eigenvalue weighted by molar-refractivity contribution is 7.09. The van der Waals surface area contributed by atoms with Gasteiger partial charge < -0.3 is 10.4 Å². The number of aliphatic hydroxyl groups is 1. The lowest BCUT2D eigenvalue weighted by Crippen LogP contribution is -2.20. The minimum Gasteiger partial charge on any atom is -0.391 e. The highest BCUT2D eigenvalue weighted by Crippen LogP contribution is 2.28. The summed E-state index contributed by atoms with van der Waals surface area (Å²) in [5.74, 6) is 0.471. The number of hydrogen-bond acceptors (Lipinski definition) is 4. The maximum atomic E-state index is 9.69. The van der Waals surface area contributed by atoms with Crippen LogP contribution in [0.25, 0.3) is 0 Å². The minimum atomic E-state index is -0.263. The molecule has 1 aromatic rings. The first-order valence-corrected chi connectivity index (χ1v) is 5.93. The molecule has 0 amide bonds. The molecule has 78 valence electrons. The molecule has 0 saturated carbocycles. The molecule has 1 aromatic heterocycles. The van der Waals surface area contributed by atoms with Crippen molar-refractivity contribution in [1.29, 1.82) is 0 Å². The number of aromatic nitrogens is 1. The molecule has 2 atom stereocenters. The van der Waals surface area contributed by atoms with Crippen LogP contribution in [0.1, 0.15) is 42.9 Å². The van der Waals surface area contributed by atoms with Gasteiger partial charge in [0.15, 0.2) is 0 Å². The standard InChI is InChI=1S/C10H16N2OS/c1-6(2)7-5-14-10(12-7)9-8(13)3-4-11-9/h5-6,8-9,11,13H,3-4H2,1-2H3. The average Bonchev–Trinajstić information content (AvgIpc) is 2.71. The third-order valence-electron chi connectivity index (χ3n) is 2.59. The maximum absolute atomic E-state index is 9.69. The van der Waals surface area contributed by atoms with Crippen molar-refractivity contribution in [2.45, 2.75) is 38.3 Å². The number of nitrogens with zero attached hydrogens (tertiary/aromatic N) is 1. The van der Waals surface area contributed by atoms with Gasteiger partial charge in [0.2, 0.25) is 0 Å². The molecule has 14 heavy (non-hydrogen) atoms. The SMILES string of the molecule is CC(C)c1csc(C2NCCC2O)n1. The molecule has 1 aliphatic heterocycles. The lowest BCUT2D eigenvalue weighted by Gasteiger charge is -2.10. The average molecular weight is 212 g/mol. The second-order valence-corrected chi connectivity index (χ2v) is 4.94. The van der Waals surface area contributed by atoms with Crippen LogP contribution in [-0.4, -0.2) is 22.7 Å². The first-order chi connectivity index (χ1) is 6.68. The number of aliphatic hydroxyl groups excluding tert-OH is 1. The van der Waals surface area contributed by atoms with Crippen LogP contribution in [0.15, 0.2) is 5.38 Å². The molecule has 0 aliphatic carbocycles. The molecule has 1 fully saturated rings. The Morgan fingerprint density at radius 2 is 2.43 bits per heavy atom. The zero-order chi connectivity index (χ0) is 10.1. The fraction of sp³-hybridized carbons (Fsp3) is 0.700. The number of nitrogens with one attached hydrogen (secondary N) is 1. The number of hydrogen-bond donors (Lipinski definition) is 2. The zero-order valence-corrected chi connectivity index (χ0v) is 9.34. The van der Waals surface area contributed by atoms with Crippen LogP contribution in [0.3, 0.4) is 0 Å². The van der Waals surface area contributed by atoms with Gasteiger partial charge in [-0.15, -0.1) is 11.3 Å². The van der Waals surface area contributed by atoms with E-state index in [-0.39, 0.29) is 12.1 Å². The summed E-state index contributed by atoms with van der Waals surface area (Å²) in [4.78, 5) is 4.54. The fourth-order valence-corrected chi connectivity index (χ4v) is 2.76. The lowest BCUT2D eigenvalue weighted by atomic mass is 10.1. The Labute approximate surface area is 88.2 Å². The summed E-state index contributed by atoms with van der Waals surface area (Å²) in [7, 11) is 0. The molecule has 1 saturated heterocycles. The number of rotatable bonds is 2. The Morgan fingerprint density at radius 3 is 2.93 bits per heavy atom. The van der Waals surface area contributed by atoms with Crippen molar-refractivity contribution in [3.63, 3.8) is 0 Å². The fourth-order valence-electron chi connectivity index (χ4n) is 1.65. The van der Waals surface area contributed by atoms with Gasteiger partial charge >= 0.3 is 0 Å². The van der Waals surface area contributed by atoms with Crippen molar-refractivity contribution in [2.24, 2.45) is 0 Å². The van der Waals surface area contributed by atoms with Gasteiger partial charge in [-0.3, -0.25) is 0 Å². The maximum Gasteiger partial charge on any atom is 0.112 e. The summed E-state index contributed by atoms with van der Waals surface area (Å²) < 4.78 is 0. The van der Waals surface area contributed by atoms with E-state index >= 15 is 0 Å². The molecular formula is C10H16N2OS. The Hall–Kier alpha value is -0.450. The van der Waals surface area contributed by atoms with E-state index in [2.05, 4.69) is 29.5 Å². The van der Waals surface area contributed by atoms with Gasteiger partial charge in [0.1, 0.15) is 5.01 Å². The summed E-state index contributed by atoms with van der Waals surface area (Å²) in [5.41, 5.74) is 1.13. The van der Waals surface area contributed by atoms with Gasteiger partial charge in [0.25, 0.3) is 0 Å². The Bertz CT molecular complexity index is 311. The van der Waals surface area contributed by atoms with Crippen LogP contribution in [0.2, 0.25) is 0 Å². The van der Waals surface area contributed by atoms with Gasteiger partial charge in [0.05, 0.1) is 17.8 Å². The van der Waals surface area contributed by atoms with Crippen LogP contribution >= 0.6 is 11.3 Å². The third kappa shape index (κ3) is 1.82. The van der Waals surface area contributed by atoms with Gasteiger partial charge in [-0.2, -0.15) is 0 Å². The normalized spacial score (nSPS) is 27.4. The predicted molar refractivity (Wildman–Crippen MR) is 57.6 cm³/mol. The van der Waals surface area contributed by atoms with E-state index < -0.39 is 0 Å². The van der Waals surface area contributed by atoms with Crippen LogP contribution in [0.5, 0.6) is 0 Å². The molecule has 0 bridgehead atoms. The predicted octanol–water partition coefficient (Wildman–Crippen LogP) is 1.66. The molecule has 1 aliphatic rings. The quantitative estimate of drug-likeness (QED) is 0.783. The van der Waals surface area contributed by atoms with E-state index in [4.69, 9.17) is 0 Å². The molecule has 2 rings (SSSR count). The van der Waals surface area contributed by atoms with Crippen LogP contribution < -0.4 is 5.32 Å². The van der Waals surface area contributed by atoms with Gasteiger partial charge in [0, 0.05) is 5.38 Å². The first-order valence-electron chi connectivity index (χ1n) is 5.05. The smallest absolute Gasteiger partial charge is 0.112 e. The van der Waals surface area contributed by atoms with E-state index in [1.165, 1.54) is 0 Å². The highest BCUT2D eigenvalue weighted by atomic mass is 32.1. The van der Waals surface area contributed by atoms with Crippen molar-refractivity contribution in [2.75, 3.05) is 6.54 Å². The first kappa shape index (κ1) is 10.1. The molecule has 2 N–H and O–H groups in total. The number of thiazole rings is 1. The monoisotopic (exact) mass is 212 g/mol. The summed E-state index contributed by atoms with van der Waals surface area (Å²) in [6.07, 6.45) is 0.572. The van der Waals surface area contributed by atoms with Crippen molar-refractivity contribution in [3.05, 3.63) is 16.1 Å². The Morgan fingerprint density at radius 1 is 1.64 bits per heavy atom. The van der Waals surface area contributed by atoms with E-state index in [0.717, 1.165) is 23.7 Å². The summed E-state index contributed by atoms with van der Waals surface area (Å²) in [6, 6.07) is 0.0625. The molecule has 0 aromatic carbocycles. The van der Waals surface area contributed by atoms with E-state index in [1.807, 2.05) is 0 Å². The highest BCUT2D eigenvalue weighted by Gasteiger charge is 2.28. The Balaban J connectivity index is 2.16. The Kier molecular flexibility index (Phi) is 2.85. The van der Waals surface area contributed by atoms with Crippen molar-refractivity contribution in [1.82, 2.24) is 10.3 Å². The van der Waals surface area contributed by atoms with Gasteiger partial charge in [-0.25, -0.2) is 4.98 Å². The van der Waals surface area contributed by atoms with Crippen molar-refractivity contribution < 1.29 is 5.11 Å².